The number of hydrogen-bond donors (Lipinski definition) is 0. The van der Waals surface area contributed by atoms with Crippen molar-refractivity contribution in [1.29, 1.82) is 0 Å². The van der Waals surface area contributed by atoms with Crippen LogP contribution in [0.1, 0.15) is 52.0 Å². The first-order chi connectivity index (χ1) is 14.1. The highest BCUT2D eigenvalue weighted by Crippen LogP contribution is 2.52. The van der Waals surface area contributed by atoms with Crippen molar-refractivity contribution in [3.05, 3.63) is 29.8 Å². The van der Waals surface area contributed by atoms with E-state index in [2.05, 4.69) is 69.5 Å². The molecular weight excluding hydrogens is 426 g/mol. The van der Waals surface area contributed by atoms with Crippen molar-refractivity contribution >= 4 is 37.6 Å². The summed E-state index contributed by atoms with van der Waals surface area (Å²) in [5.41, 5.74) is 2.71. The van der Waals surface area contributed by atoms with Crippen LogP contribution in [-0.2, 0) is 10.8 Å². The zero-order valence-corrected chi connectivity index (χ0v) is 22.3. The first kappa shape index (κ1) is 24.2. The Morgan fingerprint density at radius 3 is 2.20 bits per heavy atom. The van der Waals surface area contributed by atoms with Crippen LogP contribution in [0.15, 0.2) is 29.3 Å². The van der Waals surface area contributed by atoms with Gasteiger partial charge in [-0.3, -0.25) is 4.99 Å². The van der Waals surface area contributed by atoms with Crippen molar-refractivity contribution in [2.45, 2.75) is 81.1 Å². The minimum Gasteiger partial charge on any atom is -0.497 e. The van der Waals surface area contributed by atoms with Gasteiger partial charge < -0.3 is 9.16 Å². The van der Waals surface area contributed by atoms with E-state index < -0.39 is 8.32 Å². The lowest BCUT2D eigenvalue weighted by molar-refractivity contribution is 0.262. The molecule has 6 heteroatoms. The molecule has 0 bridgehead atoms. The topological polar surface area (TPSA) is 30.8 Å². The molecule has 1 saturated carbocycles. The Hall–Kier alpha value is -0.433. The Balaban J connectivity index is 1.69. The van der Waals surface area contributed by atoms with Crippen LogP contribution in [0.5, 0.6) is 5.75 Å². The van der Waals surface area contributed by atoms with E-state index in [1.807, 2.05) is 12.1 Å². The molecule has 2 aliphatic rings. The number of methoxy groups -OCH3 is 1. The van der Waals surface area contributed by atoms with E-state index >= 15 is 0 Å². The fourth-order valence-corrected chi connectivity index (χ4v) is 8.06. The zero-order valence-electron chi connectivity index (χ0n) is 19.6. The summed E-state index contributed by atoms with van der Waals surface area (Å²) in [7, 11) is -0.0718. The van der Waals surface area contributed by atoms with Gasteiger partial charge in [-0.25, -0.2) is 0 Å². The van der Waals surface area contributed by atoms with Crippen LogP contribution in [0.2, 0.25) is 18.1 Å². The molecule has 0 radical (unpaired) electrons. The van der Waals surface area contributed by atoms with Crippen LogP contribution in [0.4, 0.5) is 0 Å². The standard InChI is InChI=1S/C24H39NO2S2Si/c1-23(2,3)30(5,6)27-18-21(17-19-7-9-22(26-4)10-8-19)25-20-11-13-24(14-12-20)28-15-16-29-24/h7-10,21H,11-18H2,1-6H3/t21-/m0/s1. The number of benzene rings is 1. The summed E-state index contributed by atoms with van der Waals surface area (Å²) in [6.07, 6.45) is 5.79. The molecule has 1 heterocycles. The average molecular weight is 466 g/mol. The molecule has 1 aliphatic heterocycles. The van der Waals surface area contributed by atoms with Gasteiger partial charge in [0.1, 0.15) is 5.75 Å². The third kappa shape index (κ3) is 6.30. The minimum atomic E-state index is -1.79. The van der Waals surface area contributed by atoms with Crippen molar-refractivity contribution in [2.75, 3.05) is 25.2 Å². The van der Waals surface area contributed by atoms with Gasteiger partial charge in [-0.2, -0.15) is 0 Å². The summed E-state index contributed by atoms with van der Waals surface area (Å²) in [6, 6.07) is 8.63. The van der Waals surface area contributed by atoms with E-state index in [4.69, 9.17) is 14.2 Å². The lowest BCUT2D eigenvalue weighted by atomic mass is 9.96. The first-order valence-corrected chi connectivity index (χ1v) is 16.1. The molecule has 1 aromatic rings. The molecule has 0 amide bonds. The molecule has 0 aromatic heterocycles. The van der Waals surface area contributed by atoms with E-state index in [-0.39, 0.29) is 11.1 Å². The molecule has 1 aromatic carbocycles. The van der Waals surface area contributed by atoms with E-state index in [0.29, 0.717) is 4.08 Å². The second-order valence-electron chi connectivity index (χ2n) is 10.1. The minimum absolute atomic E-state index is 0.195. The van der Waals surface area contributed by atoms with E-state index in [1.165, 1.54) is 35.6 Å². The molecule has 0 N–H and O–H groups in total. The van der Waals surface area contributed by atoms with Crippen LogP contribution in [-0.4, -0.2) is 49.4 Å². The van der Waals surface area contributed by atoms with Gasteiger partial charge in [0.15, 0.2) is 8.32 Å². The fourth-order valence-electron chi connectivity index (χ4n) is 3.79. The highest BCUT2D eigenvalue weighted by Gasteiger charge is 2.39. The van der Waals surface area contributed by atoms with Gasteiger partial charge in [-0.15, -0.1) is 23.5 Å². The van der Waals surface area contributed by atoms with Gasteiger partial charge in [0.05, 0.1) is 23.8 Å². The summed E-state index contributed by atoms with van der Waals surface area (Å²) in [5, 5.41) is 0.221. The van der Waals surface area contributed by atoms with E-state index in [1.54, 1.807) is 7.11 Å². The highest BCUT2D eigenvalue weighted by molar-refractivity contribution is 8.21. The number of hydrogen-bond acceptors (Lipinski definition) is 5. The van der Waals surface area contributed by atoms with Crippen LogP contribution in [0.3, 0.4) is 0 Å². The quantitative estimate of drug-likeness (QED) is 0.413. The lowest BCUT2D eigenvalue weighted by Gasteiger charge is -2.37. The largest absolute Gasteiger partial charge is 0.497 e. The van der Waals surface area contributed by atoms with E-state index in [0.717, 1.165) is 31.6 Å². The summed E-state index contributed by atoms with van der Waals surface area (Å²) < 4.78 is 12.4. The number of nitrogens with zero attached hydrogens (tertiary/aromatic N) is 1. The highest BCUT2D eigenvalue weighted by atomic mass is 32.2. The molecule has 1 atom stereocenters. The van der Waals surface area contributed by atoms with Crippen molar-refractivity contribution < 1.29 is 9.16 Å². The smallest absolute Gasteiger partial charge is 0.192 e. The van der Waals surface area contributed by atoms with Crippen LogP contribution >= 0.6 is 23.5 Å². The van der Waals surface area contributed by atoms with Gasteiger partial charge in [-0.1, -0.05) is 32.9 Å². The van der Waals surface area contributed by atoms with Gasteiger partial charge in [0.2, 0.25) is 0 Å². The Morgan fingerprint density at radius 2 is 1.67 bits per heavy atom. The average Bonchev–Trinajstić information content (AvgIpc) is 3.16. The fraction of sp³-hybridized carbons (Fsp3) is 0.708. The second-order valence-corrected chi connectivity index (χ2v) is 18.1. The molecule has 3 nitrogen and oxygen atoms in total. The van der Waals surface area contributed by atoms with Gasteiger partial charge in [0.25, 0.3) is 0 Å². The third-order valence-corrected chi connectivity index (χ3v) is 15.0. The number of thioether (sulfide) groups is 2. The summed E-state index contributed by atoms with van der Waals surface area (Å²) in [6.45, 7) is 12.3. The maximum Gasteiger partial charge on any atom is 0.192 e. The molecule has 168 valence electrons. The van der Waals surface area contributed by atoms with Crippen LogP contribution in [0, 0.1) is 0 Å². The lowest BCUT2D eigenvalue weighted by Crippen LogP contribution is -2.42. The molecule has 2 fully saturated rings. The monoisotopic (exact) mass is 465 g/mol. The van der Waals surface area contributed by atoms with Gasteiger partial charge in [0, 0.05) is 17.2 Å². The molecule has 1 saturated heterocycles. The maximum absolute atomic E-state index is 6.61. The Morgan fingerprint density at radius 1 is 1.07 bits per heavy atom. The Kier molecular flexibility index (Phi) is 8.08. The van der Waals surface area contributed by atoms with Crippen LogP contribution in [0.25, 0.3) is 0 Å². The molecule has 1 aliphatic carbocycles. The van der Waals surface area contributed by atoms with Crippen molar-refractivity contribution in [1.82, 2.24) is 0 Å². The van der Waals surface area contributed by atoms with Crippen LogP contribution < -0.4 is 4.74 Å². The first-order valence-electron chi connectivity index (χ1n) is 11.2. The predicted octanol–water partition coefficient (Wildman–Crippen LogP) is 6.82. The molecule has 0 unspecified atom stereocenters. The summed E-state index contributed by atoms with van der Waals surface area (Å²) >= 11 is 4.37. The molecule has 1 spiro atoms. The Bertz CT molecular complexity index is 710. The summed E-state index contributed by atoms with van der Waals surface area (Å²) in [4.78, 5) is 5.28. The third-order valence-electron chi connectivity index (χ3n) is 6.84. The SMILES string of the molecule is COc1ccc(C[C@@H](CO[Si](C)(C)C(C)(C)C)N=C2CCC3(CC2)SCCS3)cc1. The molecule has 3 rings (SSSR count). The Labute approximate surface area is 193 Å². The second kappa shape index (κ2) is 10.0. The van der Waals surface area contributed by atoms with Gasteiger partial charge in [-0.05, 0) is 67.9 Å². The van der Waals surface area contributed by atoms with Crippen molar-refractivity contribution in [3.63, 3.8) is 0 Å². The van der Waals surface area contributed by atoms with Crippen molar-refractivity contribution in [2.24, 2.45) is 4.99 Å². The maximum atomic E-state index is 6.61. The normalized spacial score (nSPS) is 20.4. The molecular formula is C24H39NO2S2Si. The van der Waals surface area contributed by atoms with Crippen molar-refractivity contribution in [3.8, 4) is 5.75 Å². The predicted molar refractivity (Wildman–Crippen MR) is 137 cm³/mol. The number of aliphatic imine (C=N–C) groups is 1. The van der Waals surface area contributed by atoms with Gasteiger partial charge >= 0.3 is 0 Å². The molecule has 30 heavy (non-hydrogen) atoms. The number of rotatable bonds is 7. The van der Waals surface area contributed by atoms with E-state index in [9.17, 15) is 0 Å². The number of ether oxygens (including phenoxy) is 1. The zero-order chi connectivity index (χ0) is 21.8. The summed E-state index contributed by atoms with van der Waals surface area (Å²) in [5.74, 6) is 3.54.